The van der Waals surface area contributed by atoms with Crippen molar-refractivity contribution in [3.8, 4) is 0 Å². The van der Waals surface area contributed by atoms with Crippen LogP contribution < -0.4 is 22.2 Å². The van der Waals surface area contributed by atoms with E-state index in [9.17, 15) is 4.79 Å². The smallest absolute Gasteiger partial charge is 0.368 e. The van der Waals surface area contributed by atoms with E-state index in [1.54, 1.807) is 7.05 Å². The zero-order valence-corrected chi connectivity index (χ0v) is 7.76. The molecule has 7 heteroatoms. The highest BCUT2D eigenvalue weighted by Gasteiger charge is 2.00. The minimum atomic E-state index is -0.502. The highest BCUT2D eigenvalue weighted by atomic mass is 32.1. The standard InChI is InChI=1S/C6H9N5OS/c1-8-5(13)10-11-4(7)2-3-9-6(11)12/h2-3H,7H2,1H3,(H2,8,10,13). The summed E-state index contributed by atoms with van der Waals surface area (Å²) in [5, 5.41) is 2.94. The fraction of sp³-hybridized carbons (Fsp3) is 0.167. The summed E-state index contributed by atoms with van der Waals surface area (Å²) < 4.78 is 1.05. The molecule has 0 aliphatic carbocycles. The van der Waals surface area contributed by atoms with Crippen LogP contribution >= 0.6 is 12.2 Å². The van der Waals surface area contributed by atoms with Crippen LogP contribution in [0.4, 0.5) is 5.82 Å². The first-order valence-electron chi connectivity index (χ1n) is 3.47. The van der Waals surface area contributed by atoms with Gasteiger partial charge in [0.1, 0.15) is 5.82 Å². The zero-order chi connectivity index (χ0) is 9.84. The summed E-state index contributed by atoms with van der Waals surface area (Å²) in [5.41, 5.74) is 7.56. The number of hydrogen-bond donors (Lipinski definition) is 3. The molecule has 70 valence electrons. The van der Waals surface area contributed by atoms with Gasteiger partial charge in [0.25, 0.3) is 0 Å². The lowest BCUT2D eigenvalue weighted by Crippen LogP contribution is -2.39. The van der Waals surface area contributed by atoms with Gasteiger partial charge in [-0.15, -0.1) is 0 Å². The van der Waals surface area contributed by atoms with E-state index in [4.69, 9.17) is 18.0 Å². The van der Waals surface area contributed by atoms with E-state index in [2.05, 4.69) is 15.7 Å². The second-order valence-corrected chi connectivity index (χ2v) is 2.59. The Morgan fingerprint density at radius 1 is 1.77 bits per heavy atom. The Bertz CT molecular complexity index is 374. The number of nitrogens with zero attached hydrogens (tertiary/aromatic N) is 2. The van der Waals surface area contributed by atoms with Gasteiger partial charge in [0, 0.05) is 13.2 Å². The fourth-order valence-electron chi connectivity index (χ4n) is 0.690. The van der Waals surface area contributed by atoms with Gasteiger partial charge in [-0.05, 0) is 18.3 Å². The van der Waals surface area contributed by atoms with Crippen molar-refractivity contribution >= 4 is 23.1 Å². The summed E-state index contributed by atoms with van der Waals surface area (Å²) in [6, 6.07) is 1.49. The minimum absolute atomic E-state index is 0.248. The number of hydrogen-bond acceptors (Lipinski definition) is 4. The number of rotatable bonds is 1. The van der Waals surface area contributed by atoms with Crippen LogP contribution in [0, 0.1) is 0 Å². The molecule has 0 aliphatic rings. The molecule has 1 rings (SSSR count). The maximum atomic E-state index is 11.1. The van der Waals surface area contributed by atoms with Crippen LogP contribution in [0.5, 0.6) is 0 Å². The maximum absolute atomic E-state index is 11.1. The maximum Gasteiger partial charge on any atom is 0.368 e. The Hall–Kier alpha value is -1.63. The molecule has 1 aromatic heterocycles. The van der Waals surface area contributed by atoms with Gasteiger partial charge in [-0.3, -0.25) is 5.43 Å². The molecule has 0 saturated carbocycles. The van der Waals surface area contributed by atoms with Crippen molar-refractivity contribution in [2.24, 2.45) is 0 Å². The first kappa shape index (κ1) is 9.46. The summed E-state index contributed by atoms with van der Waals surface area (Å²) in [7, 11) is 1.63. The predicted molar refractivity (Wildman–Crippen MR) is 53.9 cm³/mol. The van der Waals surface area contributed by atoms with Crippen LogP contribution in [-0.2, 0) is 0 Å². The zero-order valence-electron chi connectivity index (χ0n) is 6.94. The van der Waals surface area contributed by atoms with Crippen LogP contribution in [0.1, 0.15) is 0 Å². The third-order valence-electron chi connectivity index (χ3n) is 1.32. The van der Waals surface area contributed by atoms with Crippen molar-refractivity contribution in [3.05, 3.63) is 22.7 Å². The average Bonchev–Trinajstić information content (AvgIpc) is 2.11. The normalized spacial score (nSPS) is 9.31. The molecule has 6 nitrogen and oxygen atoms in total. The number of nitrogens with one attached hydrogen (secondary N) is 2. The molecule has 0 aromatic carbocycles. The van der Waals surface area contributed by atoms with Crippen molar-refractivity contribution in [1.82, 2.24) is 15.0 Å². The van der Waals surface area contributed by atoms with Crippen molar-refractivity contribution < 1.29 is 0 Å². The molecule has 13 heavy (non-hydrogen) atoms. The number of nitrogens with two attached hydrogens (primary N) is 1. The first-order valence-corrected chi connectivity index (χ1v) is 3.88. The lowest BCUT2D eigenvalue weighted by atomic mass is 10.6. The Morgan fingerprint density at radius 2 is 2.46 bits per heavy atom. The molecule has 0 atom stereocenters. The van der Waals surface area contributed by atoms with Gasteiger partial charge in [0.2, 0.25) is 0 Å². The summed E-state index contributed by atoms with van der Waals surface area (Å²) in [6.45, 7) is 0. The SMILES string of the molecule is CNC(=S)Nn1c(N)ccnc1=O. The Labute approximate surface area is 79.7 Å². The van der Waals surface area contributed by atoms with Gasteiger partial charge >= 0.3 is 5.69 Å². The Balaban J connectivity index is 3.00. The molecule has 0 amide bonds. The third-order valence-corrected chi connectivity index (χ3v) is 1.62. The molecule has 0 unspecified atom stereocenters. The van der Waals surface area contributed by atoms with Crippen LogP contribution in [0.2, 0.25) is 0 Å². The van der Waals surface area contributed by atoms with Gasteiger partial charge < -0.3 is 11.1 Å². The van der Waals surface area contributed by atoms with Gasteiger partial charge in [-0.1, -0.05) is 0 Å². The Morgan fingerprint density at radius 3 is 3.00 bits per heavy atom. The average molecular weight is 199 g/mol. The molecular formula is C6H9N5OS. The molecule has 0 radical (unpaired) electrons. The number of thiocarbonyl (C=S) groups is 1. The molecule has 1 aromatic rings. The summed E-state index contributed by atoms with van der Waals surface area (Å²) in [6.07, 6.45) is 1.33. The molecule has 4 N–H and O–H groups in total. The van der Waals surface area contributed by atoms with E-state index < -0.39 is 5.69 Å². The largest absolute Gasteiger partial charge is 0.384 e. The highest BCUT2D eigenvalue weighted by molar-refractivity contribution is 7.80. The van der Waals surface area contributed by atoms with Gasteiger partial charge in [0.05, 0.1) is 0 Å². The fourth-order valence-corrected chi connectivity index (χ4v) is 0.781. The molecule has 0 saturated heterocycles. The quantitative estimate of drug-likeness (QED) is 0.496. The minimum Gasteiger partial charge on any atom is -0.384 e. The van der Waals surface area contributed by atoms with E-state index in [0.29, 0.717) is 5.11 Å². The van der Waals surface area contributed by atoms with Crippen LogP contribution in [0.3, 0.4) is 0 Å². The number of nitrogen functional groups attached to an aromatic ring is 1. The molecule has 1 heterocycles. The topological polar surface area (TPSA) is 85.0 Å². The van der Waals surface area contributed by atoms with Crippen molar-refractivity contribution in [2.75, 3.05) is 18.2 Å². The summed E-state index contributed by atoms with van der Waals surface area (Å²) in [4.78, 5) is 14.6. The lowest BCUT2D eigenvalue weighted by Gasteiger charge is -2.10. The summed E-state index contributed by atoms with van der Waals surface area (Å²) in [5.74, 6) is 0.248. The van der Waals surface area contributed by atoms with Crippen LogP contribution in [0.15, 0.2) is 17.1 Å². The molecule has 0 aliphatic heterocycles. The van der Waals surface area contributed by atoms with E-state index >= 15 is 0 Å². The van der Waals surface area contributed by atoms with Gasteiger partial charge in [0.15, 0.2) is 5.11 Å². The van der Waals surface area contributed by atoms with E-state index in [1.807, 2.05) is 0 Å². The predicted octanol–water partition coefficient (Wildman–Crippen LogP) is -1.13. The van der Waals surface area contributed by atoms with Crippen LogP contribution in [0.25, 0.3) is 0 Å². The highest BCUT2D eigenvalue weighted by Crippen LogP contribution is 1.91. The van der Waals surface area contributed by atoms with Crippen molar-refractivity contribution in [3.63, 3.8) is 0 Å². The van der Waals surface area contributed by atoms with Gasteiger partial charge in [-0.2, -0.15) is 9.66 Å². The van der Waals surface area contributed by atoms with E-state index in [-0.39, 0.29) is 5.82 Å². The molecular weight excluding hydrogens is 190 g/mol. The van der Waals surface area contributed by atoms with Crippen molar-refractivity contribution in [1.29, 1.82) is 0 Å². The third kappa shape index (κ3) is 2.15. The lowest BCUT2D eigenvalue weighted by molar-refractivity contribution is 0.861. The van der Waals surface area contributed by atoms with E-state index in [1.165, 1.54) is 12.3 Å². The van der Waals surface area contributed by atoms with Gasteiger partial charge in [-0.25, -0.2) is 4.79 Å². The van der Waals surface area contributed by atoms with Crippen molar-refractivity contribution in [2.45, 2.75) is 0 Å². The number of anilines is 1. The number of aromatic nitrogens is 2. The molecule has 0 spiro atoms. The summed E-state index contributed by atoms with van der Waals surface area (Å²) >= 11 is 4.79. The van der Waals surface area contributed by atoms with E-state index in [0.717, 1.165) is 4.68 Å². The Kier molecular flexibility index (Phi) is 2.80. The molecule has 0 bridgehead atoms. The first-order chi connectivity index (χ1) is 6.15. The second-order valence-electron chi connectivity index (χ2n) is 2.18. The molecule has 0 fully saturated rings. The monoisotopic (exact) mass is 199 g/mol. The van der Waals surface area contributed by atoms with Crippen LogP contribution in [-0.4, -0.2) is 21.8 Å². The second kappa shape index (κ2) is 3.85.